The Morgan fingerprint density at radius 1 is 1.35 bits per heavy atom. The number of benzene rings is 1. The number of rotatable bonds is 3. The predicted molar refractivity (Wildman–Crippen MR) is 72.3 cm³/mol. The van der Waals surface area contributed by atoms with Crippen molar-refractivity contribution in [3.63, 3.8) is 0 Å². The number of carbonyl (C=O) groups is 1. The molecule has 6 nitrogen and oxygen atoms in total. The number of amides is 1. The van der Waals surface area contributed by atoms with Crippen molar-refractivity contribution in [1.29, 1.82) is 0 Å². The van der Waals surface area contributed by atoms with Crippen molar-refractivity contribution in [1.82, 2.24) is 19.9 Å². The average molecular weight is 272 g/mol. The third-order valence-electron chi connectivity index (χ3n) is 3.58. The molecule has 1 N–H and O–H groups in total. The SMILES string of the molecule is O=C(O)N1CCCC1c1cn(Cc2ccccc2)nn1. The molecule has 1 aliphatic rings. The molecule has 1 aromatic heterocycles. The minimum absolute atomic E-state index is 0.156. The fraction of sp³-hybridized carbons (Fsp3) is 0.357. The van der Waals surface area contributed by atoms with Gasteiger partial charge in [0.05, 0.1) is 18.8 Å². The van der Waals surface area contributed by atoms with E-state index in [2.05, 4.69) is 10.3 Å². The van der Waals surface area contributed by atoms with Crippen molar-refractivity contribution in [2.45, 2.75) is 25.4 Å². The molecular weight excluding hydrogens is 256 g/mol. The second-order valence-corrected chi connectivity index (χ2v) is 4.96. The summed E-state index contributed by atoms with van der Waals surface area (Å²) in [5, 5.41) is 17.4. The van der Waals surface area contributed by atoms with Gasteiger partial charge in [0.1, 0.15) is 5.69 Å². The zero-order chi connectivity index (χ0) is 13.9. The summed E-state index contributed by atoms with van der Waals surface area (Å²) in [5.41, 5.74) is 1.88. The van der Waals surface area contributed by atoms with Crippen molar-refractivity contribution >= 4 is 6.09 Å². The number of hydrogen-bond acceptors (Lipinski definition) is 3. The van der Waals surface area contributed by atoms with Crippen molar-refractivity contribution in [3.05, 3.63) is 47.8 Å². The number of likely N-dealkylation sites (tertiary alicyclic amines) is 1. The van der Waals surface area contributed by atoms with Crippen molar-refractivity contribution in [2.24, 2.45) is 0 Å². The van der Waals surface area contributed by atoms with Crippen LogP contribution in [0.4, 0.5) is 4.79 Å². The van der Waals surface area contributed by atoms with Crippen molar-refractivity contribution < 1.29 is 9.90 Å². The van der Waals surface area contributed by atoms with Gasteiger partial charge >= 0.3 is 6.09 Å². The highest BCUT2D eigenvalue weighted by Gasteiger charge is 2.31. The first-order chi connectivity index (χ1) is 9.74. The second-order valence-electron chi connectivity index (χ2n) is 4.96. The molecule has 2 heterocycles. The molecular formula is C14H16N4O2. The zero-order valence-corrected chi connectivity index (χ0v) is 11.0. The van der Waals surface area contributed by atoms with E-state index in [4.69, 9.17) is 5.11 Å². The van der Waals surface area contributed by atoms with Crippen LogP contribution in [0.1, 0.15) is 30.1 Å². The molecule has 2 aromatic rings. The quantitative estimate of drug-likeness (QED) is 0.929. The topological polar surface area (TPSA) is 71.2 Å². The Bertz CT molecular complexity index is 596. The van der Waals surface area contributed by atoms with Gasteiger partial charge in [-0.05, 0) is 18.4 Å². The Morgan fingerprint density at radius 3 is 2.90 bits per heavy atom. The summed E-state index contributed by atoms with van der Waals surface area (Å²) in [7, 11) is 0. The lowest BCUT2D eigenvalue weighted by atomic mass is 10.1. The Labute approximate surface area is 116 Å². The van der Waals surface area contributed by atoms with Crippen LogP contribution in [-0.4, -0.2) is 37.6 Å². The summed E-state index contributed by atoms with van der Waals surface area (Å²) in [6, 6.07) is 9.84. The van der Waals surface area contributed by atoms with Gasteiger partial charge in [-0.1, -0.05) is 35.5 Å². The van der Waals surface area contributed by atoms with Crippen molar-refractivity contribution in [2.75, 3.05) is 6.54 Å². The van der Waals surface area contributed by atoms with Crippen LogP contribution in [0.3, 0.4) is 0 Å². The van der Waals surface area contributed by atoms with Crippen LogP contribution in [0.15, 0.2) is 36.5 Å². The molecule has 1 atom stereocenters. The lowest BCUT2D eigenvalue weighted by Crippen LogP contribution is -2.28. The summed E-state index contributed by atoms with van der Waals surface area (Å²) in [6.07, 6.45) is 2.66. The minimum Gasteiger partial charge on any atom is -0.465 e. The summed E-state index contributed by atoms with van der Waals surface area (Å²) >= 11 is 0. The molecule has 1 fully saturated rings. The number of hydrogen-bond donors (Lipinski definition) is 1. The molecule has 1 aromatic carbocycles. The van der Waals surface area contributed by atoms with Crippen LogP contribution < -0.4 is 0 Å². The highest BCUT2D eigenvalue weighted by atomic mass is 16.4. The Balaban J connectivity index is 1.75. The van der Waals surface area contributed by atoms with Gasteiger partial charge in [-0.25, -0.2) is 9.48 Å². The van der Waals surface area contributed by atoms with Crippen LogP contribution in [0.2, 0.25) is 0 Å². The van der Waals surface area contributed by atoms with Gasteiger partial charge in [-0.3, -0.25) is 4.90 Å². The molecule has 20 heavy (non-hydrogen) atoms. The smallest absolute Gasteiger partial charge is 0.407 e. The normalized spacial score (nSPS) is 18.4. The standard InChI is InChI=1S/C14H16N4O2/c19-14(20)18-8-4-7-13(18)12-10-17(16-15-12)9-11-5-2-1-3-6-11/h1-3,5-6,10,13H,4,7-9H2,(H,19,20). The third kappa shape index (κ3) is 2.49. The maximum atomic E-state index is 11.2. The van der Waals surface area contributed by atoms with E-state index in [0.29, 0.717) is 13.1 Å². The van der Waals surface area contributed by atoms with Crippen LogP contribution in [0.25, 0.3) is 0 Å². The molecule has 1 amide bonds. The summed E-state index contributed by atoms with van der Waals surface area (Å²) in [4.78, 5) is 12.6. The number of carboxylic acid groups (broad SMARTS) is 1. The van der Waals surface area contributed by atoms with Gasteiger partial charge in [0, 0.05) is 6.54 Å². The van der Waals surface area contributed by atoms with Gasteiger partial charge in [-0.2, -0.15) is 0 Å². The van der Waals surface area contributed by atoms with E-state index in [0.717, 1.165) is 24.1 Å². The van der Waals surface area contributed by atoms with Crippen LogP contribution in [0, 0.1) is 0 Å². The van der Waals surface area contributed by atoms with E-state index >= 15 is 0 Å². The molecule has 0 aliphatic carbocycles. The summed E-state index contributed by atoms with van der Waals surface area (Å²) < 4.78 is 1.75. The van der Waals surface area contributed by atoms with E-state index in [1.165, 1.54) is 4.90 Å². The minimum atomic E-state index is -0.884. The molecule has 1 unspecified atom stereocenters. The molecule has 0 radical (unpaired) electrons. The second kappa shape index (κ2) is 5.32. The number of aromatic nitrogens is 3. The first kappa shape index (κ1) is 12.7. The van der Waals surface area contributed by atoms with Gasteiger partial charge in [0.2, 0.25) is 0 Å². The fourth-order valence-electron chi connectivity index (χ4n) is 2.62. The summed E-state index contributed by atoms with van der Waals surface area (Å²) in [5.74, 6) is 0. The number of nitrogens with zero attached hydrogens (tertiary/aromatic N) is 4. The Kier molecular flexibility index (Phi) is 3.37. The highest BCUT2D eigenvalue weighted by molar-refractivity contribution is 5.66. The first-order valence-corrected chi connectivity index (χ1v) is 6.67. The van der Waals surface area contributed by atoms with Gasteiger partial charge < -0.3 is 5.11 Å². The Hall–Kier alpha value is -2.37. The predicted octanol–water partition coefficient (Wildman–Crippen LogP) is 2.14. The Morgan fingerprint density at radius 2 is 2.15 bits per heavy atom. The first-order valence-electron chi connectivity index (χ1n) is 6.67. The zero-order valence-electron chi connectivity index (χ0n) is 11.0. The van der Waals surface area contributed by atoms with E-state index in [1.54, 1.807) is 4.68 Å². The van der Waals surface area contributed by atoms with Crippen molar-refractivity contribution in [3.8, 4) is 0 Å². The van der Waals surface area contributed by atoms with E-state index < -0.39 is 6.09 Å². The average Bonchev–Trinajstić information content (AvgIpc) is 3.07. The van der Waals surface area contributed by atoms with Gasteiger partial charge in [0.25, 0.3) is 0 Å². The lowest BCUT2D eigenvalue weighted by molar-refractivity contribution is 0.139. The molecule has 0 saturated carbocycles. The fourth-order valence-corrected chi connectivity index (χ4v) is 2.62. The van der Waals surface area contributed by atoms with Crippen LogP contribution >= 0.6 is 0 Å². The molecule has 0 bridgehead atoms. The van der Waals surface area contributed by atoms with E-state index in [9.17, 15) is 4.79 Å². The maximum absolute atomic E-state index is 11.2. The van der Waals surface area contributed by atoms with Gasteiger partial charge in [-0.15, -0.1) is 5.10 Å². The third-order valence-corrected chi connectivity index (χ3v) is 3.58. The van der Waals surface area contributed by atoms with E-state index in [-0.39, 0.29) is 6.04 Å². The molecule has 1 saturated heterocycles. The van der Waals surface area contributed by atoms with Gasteiger partial charge in [0.15, 0.2) is 0 Å². The molecule has 0 spiro atoms. The summed E-state index contributed by atoms with van der Waals surface area (Å²) in [6.45, 7) is 1.22. The highest BCUT2D eigenvalue weighted by Crippen LogP contribution is 2.30. The van der Waals surface area contributed by atoms with Crippen LogP contribution in [0.5, 0.6) is 0 Å². The maximum Gasteiger partial charge on any atom is 0.407 e. The molecule has 3 rings (SSSR count). The molecule has 6 heteroatoms. The monoisotopic (exact) mass is 272 g/mol. The van der Waals surface area contributed by atoms with Crippen LogP contribution in [-0.2, 0) is 6.54 Å². The van der Waals surface area contributed by atoms with E-state index in [1.807, 2.05) is 36.5 Å². The largest absolute Gasteiger partial charge is 0.465 e. The molecule has 1 aliphatic heterocycles. The molecule has 104 valence electrons. The lowest BCUT2D eigenvalue weighted by Gasteiger charge is -2.18.